The minimum Gasteiger partial charge on any atom is -0.377 e. The fourth-order valence-corrected chi connectivity index (χ4v) is 2.34. The van der Waals surface area contributed by atoms with E-state index < -0.39 is 0 Å². The van der Waals surface area contributed by atoms with Crippen LogP contribution >= 0.6 is 11.8 Å². The minimum absolute atomic E-state index is 0.728. The average molecular weight is 277 g/mol. The third kappa shape index (κ3) is 9.58. The Morgan fingerprint density at radius 1 is 0.947 bits per heavy atom. The predicted octanol–water partition coefficient (Wildman–Crippen LogP) is 4.76. The van der Waals surface area contributed by atoms with Gasteiger partial charge in [-0.15, -0.1) is 0 Å². The van der Waals surface area contributed by atoms with E-state index in [4.69, 9.17) is 10.00 Å². The van der Waals surface area contributed by atoms with E-state index in [0.717, 1.165) is 25.4 Å². The summed E-state index contributed by atoms with van der Waals surface area (Å²) >= 11 is 1.37. The van der Waals surface area contributed by atoms with E-state index in [9.17, 15) is 0 Å². The number of thioether (sulfide) groups is 1. The van der Waals surface area contributed by atoms with Crippen molar-refractivity contribution in [2.75, 3.05) is 12.4 Å². The van der Waals surface area contributed by atoms with Crippen molar-refractivity contribution < 1.29 is 4.74 Å². The summed E-state index contributed by atoms with van der Waals surface area (Å²) in [5.41, 5.74) is 1.25. The summed E-state index contributed by atoms with van der Waals surface area (Å²) in [4.78, 5) is 0. The lowest BCUT2D eigenvalue weighted by Gasteiger charge is -2.04. The Morgan fingerprint density at radius 3 is 2.37 bits per heavy atom. The standard InChI is InChI=1S/C16H23NOS/c17-15-19-13-9-4-2-1-3-8-12-18-14-16-10-6-5-7-11-16/h5-7,10-11H,1-4,8-9,12-14H2. The van der Waals surface area contributed by atoms with Gasteiger partial charge in [0, 0.05) is 12.4 Å². The van der Waals surface area contributed by atoms with Crippen LogP contribution in [0.15, 0.2) is 30.3 Å². The average Bonchev–Trinajstić information content (AvgIpc) is 2.46. The Kier molecular flexibility index (Phi) is 10.2. The highest BCUT2D eigenvalue weighted by atomic mass is 32.2. The van der Waals surface area contributed by atoms with E-state index in [1.807, 2.05) is 18.2 Å². The van der Waals surface area contributed by atoms with Gasteiger partial charge in [0.2, 0.25) is 0 Å². The van der Waals surface area contributed by atoms with Crippen LogP contribution in [0.25, 0.3) is 0 Å². The number of thiocyanates is 1. The summed E-state index contributed by atoms with van der Waals surface area (Å²) < 4.78 is 5.64. The fourth-order valence-electron chi connectivity index (χ4n) is 1.90. The molecule has 2 nitrogen and oxygen atoms in total. The molecule has 0 radical (unpaired) electrons. The molecule has 19 heavy (non-hydrogen) atoms. The molecular formula is C16H23NOS. The van der Waals surface area contributed by atoms with E-state index in [2.05, 4.69) is 17.5 Å². The molecule has 0 spiro atoms. The van der Waals surface area contributed by atoms with Crippen LogP contribution in [-0.4, -0.2) is 12.4 Å². The summed E-state index contributed by atoms with van der Waals surface area (Å²) in [6.07, 6.45) is 7.39. The van der Waals surface area contributed by atoms with Gasteiger partial charge in [-0.3, -0.25) is 0 Å². The maximum Gasteiger partial charge on any atom is 0.133 e. The number of hydrogen-bond donors (Lipinski definition) is 0. The van der Waals surface area contributed by atoms with Gasteiger partial charge in [0.25, 0.3) is 0 Å². The molecule has 0 amide bonds. The maximum absolute atomic E-state index is 8.37. The molecule has 0 fully saturated rings. The third-order valence-corrected chi connectivity index (χ3v) is 3.58. The molecule has 0 N–H and O–H groups in total. The van der Waals surface area contributed by atoms with Gasteiger partial charge in [0.15, 0.2) is 0 Å². The van der Waals surface area contributed by atoms with Crippen LogP contribution in [0.2, 0.25) is 0 Å². The van der Waals surface area contributed by atoms with E-state index in [1.165, 1.54) is 49.4 Å². The van der Waals surface area contributed by atoms with Crippen LogP contribution in [0.4, 0.5) is 0 Å². The molecule has 104 valence electrons. The van der Waals surface area contributed by atoms with Gasteiger partial charge < -0.3 is 4.74 Å². The topological polar surface area (TPSA) is 33.0 Å². The van der Waals surface area contributed by atoms with Crippen molar-refractivity contribution in [3.63, 3.8) is 0 Å². The van der Waals surface area contributed by atoms with Crippen LogP contribution in [0.5, 0.6) is 0 Å². The first-order valence-corrected chi connectivity index (χ1v) is 8.04. The van der Waals surface area contributed by atoms with E-state index in [1.54, 1.807) is 0 Å². The predicted molar refractivity (Wildman–Crippen MR) is 81.9 cm³/mol. The number of ether oxygens (including phenoxy) is 1. The van der Waals surface area contributed by atoms with Gasteiger partial charge >= 0.3 is 0 Å². The van der Waals surface area contributed by atoms with E-state index >= 15 is 0 Å². The van der Waals surface area contributed by atoms with Crippen molar-refractivity contribution in [3.8, 4) is 5.40 Å². The second kappa shape index (κ2) is 12.1. The van der Waals surface area contributed by atoms with Crippen molar-refractivity contribution in [3.05, 3.63) is 35.9 Å². The normalized spacial score (nSPS) is 10.3. The Bertz CT molecular complexity index is 348. The maximum atomic E-state index is 8.37. The van der Waals surface area contributed by atoms with Gasteiger partial charge in [-0.2, -0.15) is 5.26 Å². The lowest BCUT2D eigenvalue weighted by molar-refractivity contribution is 0.116. The summed E-state index contributed by atoms with van der Waals surface area (Å²) in [6.45, 7) is 1.59. The molecule has 3 heteroatoms. The van der Waals surface area contributed by atoms with E-state index in [0.29, 0.717) is 0 Å². The highest BCUT2D eigenvalue weighted by Crippen LogP contribution is 2.09. The summed E-state index contributed by atoms with van der Waals surface area (Å²) in [5.74, 6) is 0.983. The summed E-state index contributed by atoms with van der Waals surface area (Å²) in [5, 5.41) is 10.5. The molecule has 0 aliphatic rings. The quantitative estimate of drug-likeness (QED) is 0.432. The zero-order chi connectivity index (χ0) is 13.6. The molecule has 0 saturated carbocycles. The Balaban J connectivity index is 1.80. The van der Waals surface area contributed by atoms with Gasteiger partial charge in [0.05, 0.1) is 6.61 Å². The molecular weight excluding hydrogens is 254 g/mol. The molecule has 1 aromatic rings. The summed E-state index contributed by atoms with van der Waals surface area (Å²) in [7, 11) is 0. The molecule has 0 unspecified atom stereocenters. The minimum atomic E-state index is 0.728. The van der Waals surface area contributed by atoms with Gasteiger partial charge in [0.1, 0.15) is 5.40 Å². The first-order valence-electron chi connectivity index (χ1n) is 7.06. The fraction of sp³-hybridized carbons (Fsp3) is 0.562. The first kappa shape index (κ1) is 16.1. The zero-order valence-electron chi connectivity index (χ0n) is 11.5. The smallest absolute Gasteiger partial charge is 0.133 e. The van der Waals surface area contributed by atoms with Gasteiger partial charge in [-0.25, -0.2) is 0 Å². The molecule has 1 aromatic carbocycles. The molecule has 0 aliphatic carbocycles. The number of hydrogen-bond acceptors (Lipinski definition) is 3. The first-order chi connectivity index (χ1) is 9.43. The lowest BCUT2D eigenvalue weighted by Crippen LogP contribution is -1.95. The Morgan fingerprint density at radius 2 is 1.63 bits per heavy atom. The SMILES string of the molecule is N#CSCCCCCCCCOCc1ccccc1. The van der Waals surface area contributed by atoms with Crippen molar-refractivity contribution in [1.29, 1.82) is 5.26 Å². The van der Waals surface area contributed by atoms with Crippen molar-refractivity contribution >= 4 is 11.8 Å². The highest BCUT2D eigenvalue weighted by Gasteiger charge is 1.94. The van der Waals surface area contributed by atoms with Crippen LogP contribution in [0.3, 0.4) is 0 Å². The second-order valence-electron chi connectivity index (χ2n) is 4.60. The highest BCUT2D eigenvalue weighted by molar-refractivity contribution is 8.03. The van der Waals surface area contributed by atoms with Crippen molar-refractivity contribution in [1.82, 2.24) is 0 Å². The molecule has 1 rings (SSSR count). The Labute approximate surface area is 121 Å². The van der Waals surface area contributed by atoms with Crippen LogP contribution in [-0.2, 0) is 11.3 Å². The zero-order valence-corrected chi connectivity index (χ0v) is 12.3. The Hall–Kier alpha value is -0.980. The summed E-state index contributed by atoms with van der Waals surface area (Å²) in [6, 6.07) is 10.3. The molecule has 0 bridgehead atoms. The van der Waals surface area contributed by atoms with Crippen LogP contribution < -0.4 is 0 Å². The number of rotatable bonds is 11. The van der Waals surface area contributed by atoms with Crippen LogP contribution in [0.1, 0.15) is 44.1 Å². The number of nitrogens with zero attached hydrogens (tertiary/aromatic N) is 1. The van der Waals surface area contributed by atoms with Crippen LogP contribution in [0, 0.1) is 10.7 Å². The monoisotopic (exact) mass is 277 g/mol. The molecule has 0 heterocycles. The van der Waals surface area contributed by atoms with E-state index in [-0.39, 0.29) is 0 Å². The third-order valence-electron chi connectivity index (χ3n) is 2.96. The molecule has 0 aromatic heterocycles. The second-order valence-corrected chi connectivity index (χ2v) is 5.48. The van der Waals surface area contributed by atoms with Gasteiger partial charge in [-0.05, 0) is 30.2 Å². The van der Waals surface area contributed by atoms with Crippen molar-refractivity contribution in [2.45, 2.75) is 45.1 Å². The lowest BCUT2D eigenvalue weighted by atomic mass is 10.1. The molecule has 0 atom stereocenters. The molecule has 0 saturated heterocycles. The number of unbranched alkanes of at least 4 members (excludes halogenated alkanes) is 5. The molecule has 0 aliphatic heterocycles. The number of benzene rings is 1. The van der Waals surface area contributed by atoms with Crippen molar-refractivity contribution in [2.24, 2.45) is 0 Å². The number of nitriles is 1. The van der Waals surface area contributed by atoms with Gasteiger partial charge in [-0.1, -0.05) is 56.0 Å². The largest absolute Gasteiger partial charge is 0.377 e.